The summed E-state index contributed by atoms with van der Waals surface area (Å²) in [5.74, 6) is 0.480. The van der Waals surface area contributed by atoms with Gasteiger partial charge >= 0.3 is 5.69 Å². The lowest BCUT2D eigenvalue weighted by Gasteiger charge is -2.29. The van der Waals surface area contributed by atoms with E-state index in [1.165, 1.54) is 0 Å². The average molecular weight is 249 g/mol. The Morgan fingerprint density at radius 1 is 1.50 bits per heavy atom. The van der Waals surface area contributed by atoms with Gasteiger partial charge in [-0.2, -0.15) is 0 Å². The van der Waals surface area contributed by atoms with Gasteiger partial charge in [0.05, 0.1) is 4.92 Å². The molecule has 5 heteroatoms. The molecule has 0 spiro atoms. The molecule has 1 aliphatic heterocycles. The number of hydrogen-bond acceptors (Lipinski definition) is 4. The standard InChI is InChI=1S/C13H19N3O2/c1-9(2)11-7-4-8-15(11)12-6-3-5-10(14)13(12)16(17)18/h3,5-6,9,11H,4,7-8,14H2,1-2H3. The number of anilines is 2. The second-order valence-electron chi connectivity index (χ2n) is 5.12. The minimum absolute atomic E-state index is 0.0463. The molecule has 1 aliphatic rings. The lowest BCUT2D eigenvalue weighted by molar-refractivity contribution is -0.383. The van der Waals surface area contributed by atoms with E-state index in [9.17, 15) is 10.1 Å². The Kier molecular flexibility index (Phi) is 3.41. The highest BCUT2D eigenvalue weighted by Crippen LogP contribution is 2.38. The summed E-state index contributed by atoms with van der Waals surface area (Å²) in [6.07, 6.45) is 2.17. The molecule has 1 saturated heterocycles. The van der Waals surface area contributed by atoms with Crippen molar-refractivity contribution in [3.63, 3.8) is 0 Å². The molecule has 1 unspecified atom stereocenters. The first-order valence-electron chi connectivity index (χ1n) is 6.32. The van der Waals surface area contributed by atoms with E-state index in [1.807, 2.05) is 0 Å². The number of para-hydroxylation sites is 1. The lowest BCUT2D eigenvalue weighted by Crippen LogP contribution is -2.33. The third kappa shape index (κ3) is 2.12. The van der Waals surface area contributed by atoms with E-state index in [0.717, 1.165) is 19.4 Å². The van der Waals surface area contributed by atoms with E-state index < -0.39 is 0 Å². The molecular weight excluding hydrogens is 230 g/mol. The van der Waals surface area contributed by atoms with Crippen molar-refractivity contribution in [2.24, 2.45) is 5.92 Å². The monoisotopic (exact) mass is 249 g/mol. The maximum absolute atomic E-state index is 11.2. The predicted molar refractivity (Wildman–Crippen MR) is 72.7 cm³/mol. The molecule has 18 heavy (non-hydrogen) atoms. The number of nitrogen functional groups attached to an aromatic ring is 1. The topological polar surface area (TPSA) is 72.4 Å². The van der Waals surface area contributed by atoms with Gasteiger partial charge in [0.2, 0.25) is 0 Å². The number of benzene rings is 1. The number of rotatable bonds is 3. The molecule has 2 rings (SSSR count). The second-order valence-corrected chi connectivity index (χ2v) is 5.12. The Morgan fingerprint density at radius 3 is 2.83 bits per heavy atom. The number of nitrogens with zero attached hydrogens (tertiary/aromatic N) is 2. The van der Waals surface area contributed by atoms with E-state index in [2.05, 4.69) is 18.7 Å². The summed E-state index contributed by atoms with van der Waals surface area (Å²) < 4.78 is 0. The maximum Gasteiger partial charge on any atom is 0.315 e. The van der Waals surface area contributed by atoms with Crippen molar-refractivity contribution in [2.45, 2.75) is 32.7 Å². The zero-order valence-electron chi connectivity index (χ0n) is 10.8. The normalized spacial score (nSPS) is 19.5. The summed E-state index contributed by atoms with van der Waals surface area (Å²) in [5, 5.41) is 11.2. The molecular formula is C13H19N3O2. The van der Waals surface area contributed by atoms with Gasteiger partial charge in [-0.05, 0) is 30.9 Å². The van der Waals surface area contributed by atoms with Crippen LogP contribution in [0.1, 0.15) is 26.7 Å². The molecule has 1 atom stereocenters. The quantitative estimate of drug-likeness (QED) is 0.508. The van der Waals surface area contributed by atoms with Crippen molar-refractivity contribution in [1.29, 1.82) is 0 Å². The van der Waals surface area contributed by atoms with Gasteiger partial charge in [-0.3, -0.25) is 10.1 Å². The van der Waals surface area contributed by atoms with Gasteiger partial charge in [0, 0.05) is 12.6 Å². The lowest BCUT2D eigenvalue weighted by atomic mass is 10.0. The van der Waals surface area contributed by atoms with Gasteiger partial charge in [-0.15, -0.1) is 0 Å². The van der Waals surface area contributed by atoms with Gasteiger partial charge in [-0.1, -0.05) is 19.9 Å². The van der Waals surface area contributed by atoms with Crippen LogP contribution in [0.3, 0.4) is 0 Å². The van der Waals surface area contributed by atoms with E-state index >= 15 is 0 Å². The molecule has 0 aliphatic carbocycles. The van der Waals surface area contributed by atoms with Gasteiger partial charge in [0.25, 0.3) is 0 Å². The summed E-state index contributed by atoms with van der Waals surface area (Å²) in [5.41, 5.74) is 6.70. The summed E-state index contributed by atoms with van der Waals surface area (Å²) in [7, 11) is 0. The molecule has 1 fully saturated rings. The van der Waals surface area contributed by atoms with Crippen LogP contribution in [0.4, 0.5) is 17.1 Å². The van der Waals surface area contributed by atoms with Crippen LogP contribution in [0, 0.1) is 16.0 Å². The number of hydrogen-bond donors (Lipinski definition) is 1. The number of nitro benzene ring substituents is 1. The Bertz CT molecular complexity index is 460. The summed E-state index contributed by atoms with van der Waals surface area (Å²) in [4.78, 5) is 12.9. The van der Waals surface area contributed by atoms with Crippen LogP contribution in [0.2, 0.25) is 0 Å². The fraction of sp³-hybridized carbons (Fsp3) is 0.538. The van der Waals surface area contributed by atoms with E-state index in [-0.39, 0.29) is 16.3 Å². The molecule has 98 valence electrons. The molecule has 0 amide bonds. The smallest absolute Gasteiger partial charge is 0.315 e. The first kappa shape index (κ1) is 12.7. The molecule has 1 heterocycles. The Balaban J connectivity index is 2.44. The van der Waals surface area contributed by atoms with Gasteiger partial charge < -0.3 is 10.6 Å². The van der Waals surface area contributed by atoms with E-state index in [4.69, 9.17) is 5.73 Å². The van der Waals surface area contributed by atoms with Crippen LogP contribution < -0.4 is 10.6 Å². The molecule has 0 aromatic heterocycles. The van der Waals surface area contributed by atoms with Crippen molar-refractivity contribution in [3.05, 3.63) is 28.3 Å². The van der Waals surface area contributed by atoms with Crippen molar-refractivity contribution < 1.29 is 4.92 Å². The Morgan fingerprint density at radius 2 is 2.22 bits per heavy atom. The van der Waals surface area contributed by atoms with Crippen LogP contribution in [0.25, 0.3) is 0 Å². The van der Waals surface area contributed by atoms with Gasteiger partial charge in [-0.25, -0.2) is 0 Å². The fourth-order valence-corrected chi connectivity index (χ4v) is 2.76. The van der Waals surface area contributed by atoms with Crippen LogP contribution in [0.5, 0.6) is 0 Å². The SMILES string of the molecule is CC(C)C1CCCN1c1cccc(N)c1[N+](=O)[O-]. The van der Waals surface area contributed by atoms with Crippen LogP contribution in [-0.2, 0) is 0 Å². The van der Waals surface area contributed by atoms with E-state index in [0.29, 0.717) is 17.6 Å². The average Bonchev–Trinajstić information content (AvgIpc) is 2.76. The van der Waals surface area contributed by atoms with Gasteiger partial charge in [0.15, 0.2) is 0 Å². The molecule has 0 saturated carbocycles. The first-order valence-corrected chi connectivity index (χ1v) is 6.32. The number of nitro groups is 1. The zero-order chi connectivity index (χ0) is 13.3. The third-order valence-corrected chi connectivity index (χ3v) is 3.61. The first-order chi connectivity index (χ1) is 8.52. The minimum Gasteiger partial charge on any atom is -0.393 e. The second kappa shape index (κ2) is 4.84. The largest absolute Gasteiger partial charge is 0.393 e. The minimum atomic E-state index is -0.375. The zero-order valence-corrected chi connectivity index (χ0v) is 10.8. The maximum atomic E-state index is 11.2. The molecule has 0 bridgehead atoms. The highest BCUT2D eigenvalue weighted by Gasteiger charge is 2.32. The van der Waals surface area contributed by atoms with E-state index in [1.54, 1.807) is 18.2 Å². The molecule has 1 aromatic carbocycles. The van der Waals surface area contributed by atoms with Crippen molar-refractivity contribution in [2.75, 3.05) is 17.2 Å². The Labute approximate surface area is 107 Å². The summed E-state index contributed by atoms with van der Waals surface area (Å²) in [6, 6.07) is 5.54. The van der Waals surface area contributed by atoms with Crippen molar-refractivity contribution >= 4 is 17.1 Å². The van der Waals surface area contributed by atoms with Gasteiger partial charge in [0.1, 0.15) is 11.4 Å². The summed E-state index contributed by atoms with van der Waals surface area (Å²) in [6.45, 7) is 5.18. The predicted octanol–water partition coefficient (Wildman–Crippen LogP) is 2.80. The molecule has 2 N–H and O–H groups in total. The molecule has 1 aromatic rings. The highest BCUT2D eigenvalue weighted by atomic mass is 16.6. The van der Waals surface area contributed by atoms with Crippen molar-refractivity contribution in [3.8, 4) is 0 Å². The molecule has 0 radical (unpaired) electrons. The highest BCUT2D eigenvalue weighted by molar-refractivity contribution is 5.75. The van der Waals surface area contributed by atoms with Crippen LogP contribution in [-0.4, -0.2) is 17.5 Å². The van der Waals surface area contributed by atoms with Crippen LogP contribution in [0.15, 0.2) is 18.2 Å². The third-order valence-electron chi connectivity index (χ3n) is 3.61. The summed E-state index contributed by atoms with van der Waals surface area (Å²) >= 11 is 0. The van der Waals surface area contributed by atoms with Crippen molar-refractivity contribution in [1.82, 2.24) is 0 Å². The number of nitrogens with two attached hydrogens (primary N) is 1. The van der Waals surface area contributed by atoms with Crippen LogP contribution >= 0.6 is 0 Å². The Hall–Kier alpha value is -1.78. The molecule has 5 nitrogen and oxygen atoms in total. The fourth-order valence-electron chi connectivity index (χ4n) is 2.76.